The number of rotatable bonds is 13. The van der Waals surface area contributed by atoms with E-state index in [4.69, 9.17) is 4.74 Å². The number of ether oxygens (including phenoxy) is 1. The Kier molecular flexibility index (Phi) is 10.4. The summed E-state index contributed by atoms with van der Waals surface area (Å²) in [4.78, 5) is 28.8. The Hall–Kier alpha value is -3.60. The molecule has 3 rings (SSSR count). The van der Waals surface area contributed by atoms with Crippen LogP contribution < -0.4 is 10.1 Å². The average Bonchev–Trinajstić information content (AvgIpc) is 2.91. The van der Waals surface area contributed by atoms with E-state index in [1.54, 1.807) is 12.0 Å². The van der Waals surface area contributed by atoms with E-state index in [0.717, 1.165) is 35.3 Å². The quantitative estimate of drug-likeness (QED) is 0.349. The van der Waals surface area contributed by atoms with Crippen LogP contribution in [0.15, 0.2) is 84.9 Å². The number of hydrogen-bond acceptors (Lipinski definition) is 3. The molecule has 0 aliphatic rings. The molecule has 5 nitrogen and oxygen atoms in total. The molecule has 0 aliphatic carbocycles. The predicted molar refractivity (Wildman–Crippen MR) is 140 cm³/mol. The van der Waals surface area contributed by atoms with E-state index < -0.39 is 6.04 Å². The number of nitrogens with zero attached hydrogens (tertiary/aromatic N) is 1. The Bertz CT molecular complexity index is 1040. The molecule has 0 unspecified atom stereocenters. The highest BCUT2D eigenvalue weighted by atomic mass is 16.5. The molecule has 0 saturated carbocycles. The third kappa shape index (κ3) is 8.29. The van der Waals surface area contributed by atoms with Crippen LogP contribution in [0.4, 0.5) is 0 Å². The van der Waals surface area contributed by atoms with Crippen molar-refractivity contribution in [1.82, 2.24) is 10.2 Å². The molecule has 0 aliphatic heterocycles. The van der Waals surface area contributed by atoms with Crippen LogP contribution in [0.2, 0.25) is 0 Å². The van der Waals surface area contributed by atoms with Crippen molar-refractivity contribution in [3.8, 4) is 5.75 Å². The van der Waals surface area contributed by atoms with Gasteiger partial charge in [0.05, 0.1) is 7.11 Å². The maximum absolute atomic E-state index is 13.6. The lowest BCUT2D eigenvalue weighted by Crippen LogP contribution is -2.50. The van der Waals surface area contributed by atoms with Gasteiger partial charge in [0.1, 0.15) is 11.8 Å². The summed E-state index contributed by atoms with van der Waals surface area (Å²) >= 11 is 0. The minimum Gasteiger partial charge on any atom is -0.497 e. The van der Waals surface area contributed by atoms with Gasteiger partial charge in [-0.15, -0.1) is 0 Å². The minimum atomic E-state index is -0.598. The van der Waals surface area contributed by atoms with Crippen LogP contribution in [0.25, 0.3) is 0 Å². The summed E-state index contributed by atoms with van der Waals surface area (Å²) in [5.74, 6) is 0.619. The van der Waals surface area contributed by atoms with E-state index in [9.17, 15) is 9.59 Å². The van der Waals surface area contributed by atoms with Gasteiger partial charge in [-0.1, -0.05) is 86.1 Å². The van der Waals surface area contributed by atoms with Gasteiger partial charge in [-0.3, -0.25) is 9.59 Å². The fourth-order valence-electron chi connectivity index (χ4n) is 4.03. The normalized spacial score (nSPS) is 11.5. The Labute approximate surface area is 209 Å². The molecule has 3 aromatic carbocycles. The van der Waals surface area contributed by atoms with Crippen molar-refractivity contribution in [1.29, 1.82) is 0 Å². The lowest BCUT2D eigenvalue weighted by atomic mass is 10.0. The van der Waals surface area contributed by atoms with E-state index in [0.29, 0.717) is 32.4 Å². The number of methoxy groups -OCH3 is 1. The molecule has 0 fully saturated rings. The Morgan fingerprint density at radius 2 is 1.49 bits per heavy atom. The summed E-state index contributed by atoms with van der Waals surface area (Å²) in [5.41, 5.74) is 3.09. The second-order valence-electron chi connectivity index (χ2n) is 8.71. The summed E-state index contributed by atoms with van der Waals surface area (Å²) in [6.45, 7) is 3.06. The first kappa shape index (κ1) is 26.0. The monoisotopic (exact) mass is 472 g/mol. The van der Waals surface area contributed by atoms with Crippen LogP contribution in [0.3, 0.4) is 0 Å². The van der Waals surface area contributed by atoms with Gasteiger partial charge in [0.2, 0.25) is 11.8 Å². The number of unbranched alkanes of at least 4 members (excludes halogenated alkanes) is 1. The first-order valence-electron chi connectivity index (χ1n) is 12.4. The maximum Gasteiger partial charge on any atom is 0.243 e. The molecule has 0 heterocycles. The van der Waals surface area contributed by atoms with Crippen molar-refractivity contribution in [2.24, 2.45) is 0 Å². The number of hydrogen-bond donors (Lipinski definition) is 1. The second kappa shape index (κ2) is 14.0. The standard InChI is InChI=1S/C30H36N2O3/c1-3-4-21-31-30(34)28(22-25-13-9-6-10-14-25)32(23-26-15-18-27(35-2)19-16-26)29(33)20-17-24-11-7-5-8-12-24/h5-16,18-19,28H,3-4,17,20-23H2,1-2H3,(H,31,34)/t28-/m1/s1. The number of benzene rings is 3. The first-order chi connectivity index (χ1) is 17.1. The zero-order valence-corrected chi connectivity index (χ0v) is 20.8. The highest BCUT2D eigenvalue weighted by Gasteiger charge is 2.30. The number of carbonyl (C=O) groups excluding carboxylic acids is 2. The highest BCUT2D eigenvalue weighted by molar-refractivity contribution is 5.88. The third-order valence-electron chi connectivity index (χ3n) is 6.08. The van der Waals surface area contributed by atoms with E-state index in [1.165, 1.54) is 0 Å². The molecule has 5 heteroatoms. The molecule has 2 amide bonds. The van der Waals surface area contributed by atoms with Gasteiger partial charge in [-0.05, 0) is 41.7 Å². The summed E-state index contributed by atoms with van der Waals surface area (Å²) in [7, 11) is 1.63. The molecule has 35 heavy (non-hydrogen) atoms. The Morgan fingerprint density at radius 3 is 2.09 bits per heavy atom. The molecule has 3 aromatic rings. The SMILES string of the molecule is CCCCNC(=O)[C@@H](Cc1ccccc1)N(Cc1ccc(OC)cc1)C(=O)CCc1ccccc1. The molecule has 184 valence electrons. The zero-order chi connectivity index (χ0) is 24.9. The van der Waals surface area contributed by atoms with Gasteiger partial charge in [-0.25, -0.2) is 0 Å². The van der Waals surface area contributed by atoms with Gasteiger partial charge < -0.3 is 15.0 Å². The van der Waals surface area contributed by atoms with Crippen molar-refractivity contribution in [3.63, 3.8) is 0 Å². The van der Waals surface area contributed by atoms with Gasteiger partial charge in [-0.2, -0.15) is 0 Å². The smallest absolute Gasteiger partial charge is 0.243 e. The fraction of sp³-hybridized carbons (Fsp3) is 0.333. The molecule has 0 radical (unpaired) electrons. The van der Waals surface area contributed by atoms with Crippen molar-refractivity contribution in [3.05, 3.63) is 102 Å². The summed E-state index contributed by atoms with van der Waals surface area (Å²) in [6.07, 6.45) is 3.34. The molecule has 0 bridgehead atoms. The number of carbonyl (C=O) groups is 2. The van der Waals surface area contributed by atoms with Gasteiger partial charge in [0.25, 0.3) is 0 Å². The fourth-order valence-corrected chi connectivity index (χ4v) is 4.03. The van der Waals surface area contributed by atoms with Crippen molar-refractivity contribution in [2.75, 3.05) is 13.7 Å². The third-order valence-corrected chi connectivity index (χ3v) is 6.08. The van der Waals surface area contributed by atoms with Crippen molar-refractivity contribution < 1.29 is 14.3 Å². The van der Waals surface area contributed by atoms with E-state index in [2.05, 4.69) is 12.2 Å². The molecule has 0 spiro atoms. The zero-order valence-electron chi connectivity index (χ0n) is 20.8. The van der Waals surface area contributed by atoms with Crippen LogP contribution in [0, 0.1) is 0 Å². The Morgan fingerprint density at radius 1 is 0.857 bits per heavy atom. The van der Waals surface area contributed by atoms with Gasteiger partial charge in [0, 0.05) is 25.9 Å². The van der Waals surface area contributed by atoms with Crippen molar-refractivity contribution in [2.45, 2.75) is 51.6 Å². The largest absolute Gasteiger partial charge is 0.497 e. The molecule has 0 aromatic heterocycles. The van der Waals surface area contributed by atoms with Crippen LogP contribution in [-0.2, 0) is 29.0 Å². The number of nitrogens with one attached hydrogen (secondary N) is 1. The van der Waals surface area contributed by atoms with Crippen molar-refractivity contribution >= 4 is 11.8 Å². The lowest BCUT2D eigenvalue weighted by molar-refractivity contribution is -0.141. The molecule has 1 N–H and O–H groups in total. The first-order valence-corrected chi connectivity index (χ1v) is 12.4. The number of aryl methyl sites for hydroxylation is 1. The predicted octanol–water partition coefficient (Wildman–Crippen LogP) is 5.18. The average molecular weight is 473 g/mol. The van der Waals surface area contributed by atoms with Crippen LogP contribution in [0.5, 0.6) is 5.75 Å². The maximum atomic E-state index is 13.6. The lowest BCUT2D eigenvalue weighted by Gasteiger charge is -2.32. The van der Waals surface area contributed by atoms with Gasteiger partial charge in [0.15, 0.2) is 0 Å². The second-order valence-corrected chi connectivity index (χ2v) is 8.71. The summed E-state index contributed by atoms with van der Waals surface area (Å²) in [6, 6.07) is 27.0. The van der Waals surface area contributed by atoms with Crippen LogP contribution in [-0.4, -0.2) is 36.4 Å². The van der Waals surface area contributed by atoms with E-state index in [1.807, 2.05) is 84.9 Å². The Balaban J connectivity index is 1.87. The molecule has 0 saturated heterocycles. The highest BCUT2D eigenvalue weighted by Crippen LogP contribution is 2.19. The molecule has 1 atom stereocenters. The molecular formula is C30H36N2O3. The summed E-state index contributed by atoms with van der Waals surface area (Å²) in [5, 5.41) is 3.06. The van der Waals surface area contributed by atoms with Crippen LogP contribution >= 0.6 is 0 Å². The number of amides is 2. The summed E-state index contributed by atoms with van der Waals surface area (Å²) < 4.78 is 5.28. The molecular weight excluding hydrogens is 436 g/mol. The van der Waals surface area contributed by atoms with Crippen LogP contribution in [0.1, 0.15) is 42.9 Å². The van der Waals surface area contributed by atoms with Gasteiger partial charge >= 0.3 is 0 Å². The topological polar surface area (TPSA) is 58.6 Å². The van der Waals surface area contributed by atoms with E-state index in [-0.39, 0.29) is 11.8 Å². The van der Waals surface area contributed by atoms with E-state index >= 15 is 0 Å². The minimum absolute atomic E-state index is 0.0313.